The van der Waals surface area contributed by atoms with Crippen molar-refractivity contribution in [1.29, 1.82) is 0 Å². The Balaban J connectivity index is 1.30. The smallest absolute Gasteiger partial charge is 0.258 e. The van der Waals surface area contributed by atoms with Crippen LogP contribution in [-0.2, 0) is 22.6 Å². The molecule has 0 saturated heterocycles. The summed E-state index contributed by atoms with van der Waals surface area (Å²) in [6.45, 7) is 3.23. The highest BCUT2D eigenvalue weighted by Gasteiger charge is 2.24. The van der Waals surface area contributed by atoms with E-state index in [0.717, 1.165) is 30.0 Å². The minimum Gasteiger partial charge on any atom is -0.494 e. The number of hydrogen-bond donors (Lipinski definition) is 1. The lowest BCUT2D eigenvalue weighted by Crippen LogP contribution is -2.36. The van der Waals surface area contributed by atoms with E-state index in [4.69, 9.17) is 9.47 Å². The Morgan fingerprint density at radius 3 is 2.48 bits per heavy atom. The van der Waals surface area contributed by atoms with Crippen molar-refractivity contribution in [3.05, 3.63) is 90.3 Å². The number of hydrogen-bond acceptors (Lipinski definition) is 7. The van der Waals surface area contributed by atoms with Gasteiger partial charge in [-0.1, -0.05) is 48.2 Å². The fourth-order valence-corrected chi connectivity index (χ4v) is 5.36. The Kier molecular flexibility index (Phi) is 8.97. The van der Waals surface area contributed by atoms with Gasteiger partial charge in [0.15, 0.2) is 17.6 Å². The van der Waals surface area contributed by atoms with Gasteiger partial charge in [0, 0.05) is 17.9 Å². The maximum atomic E-state index is 13.3. The molecule has 5 rings (SSSR count). The first-order valence-corrected chi connectivity index (χ1v) is 14.2. The normalized spacial score (nSPS) is 12.5. The second-order valence-electron chi connectivity index (χ2n) is 9.11. The lowest BCUT2D eigenvalue weighted by Gasteiger charge is -2.29. The summed E-state index contributed by atoms with van der Waals surface area (Å²) in [6.07, 6.45) is 1.91. The molecule has 0 spiro atoms. The summed E-state index contributed by atoms with van der Waals surface area (Å²) >= 11 is 1.32. The standard InChI is InChI=1S/C30H31N5O4S/c1-2-38-25-16-14-23(15-17-25)35-27(19-31-28(36)20-39-24-11-4-3-5-12-24)32-33-30(35)40-21-29(37)34-18-8-10-22-9-6-7-13-26(22)34/h3-7,9,11-17H,2,8,10,18-21H2,1H3,(H,31,36). The van der Waals surface area contributed by atoms with Crippen LogP contribution in [0.5, 0.6) is 11.5 Å². The summed E-state index contributed by atoms with van der Waals surface area (Å²) in [5.41, 5.74) is 2.98. The second-order valence-corrected chi connectivity index (χ2v) is 10.0. The van der Waals surface area contributed by atoms with Crippen LogP contribution in [-0.4, -0.2) is 52.1 Å². The maximum Gasteiger partial charge on any atom is 0.258 e. The molecule has 0 saturated carbocycles. The van der Waals surface area contributed by atoms with Gasteiger partial charge >= 0.3 is 0 Å². The predicted octanol–water partition coefficient (Wildman–Crippen LogP) is 4.43. The van der Waals surface area contributed by atoms with Crippen molar-refractivity contribution in [3.8, 4) is 17.2 Å². The number of fused-ring (bicyclic) bond motifs is 1. The number of aryl methyl sites for hydroxylation is 1. The zero-order valence-electron chi connectivity index (χ0n) is 22.3. The van der Waals surface area contributed by atoms with Crippen molar-refractivity contribution in [1.82, 2.24) is 20.1 Å². The van der Waals surface area contributed by atoms with Gasteiger partial charge in [0.1, 0.15) is 11.5 Å². The van der Waals surface area contributed by atoms with Crippen LogP contribution in [0.15, 0.2) is 84.0 Å². The van der Waals surface area contributed by atoms with Gasteiger partial charge in [-0.15, -0.1) is 10.2 Å². The van der Waals surface area contributed by atoms with E-state index in [1.165, 1.54) is 17.3 Å². The van der Waals surface area contributed by atoms with E-state index in [0.29, 0.717) is 29.9 Å². The molecule has 9 nitrogen and oxygen atoms in total. The molecular formula is C30H31N5O4S. The van der Waals surface area contributed by atoms with Crippen LogP contribution in [0.1, 0.15) is 24.7 Å². The van der Waals surface area contributed by atoms with Gasteiger partial charge in [-0.05, 0) is 67.8 Å². The zero-order valence-corrected chi connectivity index (χ0v) is 23.1. The predicted molar refractivity (Wildman–Crippen MR) is 154 cm³/mol. The molecule has 2 heterocycles. The SMILES string of the molecule is CCOc1ccc(-n2c(CNC(=O)COc3ccccc3)nnc2SCC(=O)N2CCCc3ccccc32)cc1. The molecule has 0 fully saturated rings. The number of nitrogens with zero attached hydrogens (tertiary/aromatic N) is 4. The number of thioether (sulfide) groups is 1. The number of anilines is 1. The maximum absolute atomic E-state index is 13.3. The van der Waals surface area contributed by atoms with Gasteiger partial charge < -0.3 is 19.7 Å². The first kappa shape index (κ1) is 27.3. The molecule has 0 unspecified atom stereocenters. The molecule has 0 radical (unpaired) electrons. The third-order valence-corrected chi connectivity index (χ3v) is 7.31. The molecule has 10 heteroatoms. The fraction of sp³-hybridized carbons (Fsp3) is 0.267. The molecule has 206 valence electrons. The first-order valence-electron chi connectivity index (χ1n) is 13.3. The second kappa shape index (κ2) is 13.2. The van der Waals surface area contributed by atoms with Crippen LogP contribution in [0, 0.1) is 0 Å². The number of nitrogens with one attached hydrogen (secondary N) is 1. The van der Waals surface area contributed by atoms with Gasteiger partial charge in [0.2, 0.25) is 5.91 Å². The highest BCUT2D eigenvalue weighted by Crippen LogP contribution is 2.29. The monoisotopic (exact) mass is 557 g/mol. The van der Waals surface area contributed by atoms with Crippen molar-refractivity contribution in [2.24, 2.45) is 0 Å². The highest BCUT2D eigenvalue weighted by atomic mass is 32.2. The van der Waals surface area contributed by atoms with Crippen LogP contribution in [0.2, 0.25) is 0 Å². The van der Waals surface area contributed by atoms with Crippen LogP contribution in [0.4, 0.5) is 5.69 Å². The number of carbonyl (C=O) groups excluding carboxylic acids is 2. The summed E-state index contributed by atoms with van der Waals surface area (Å²) < 4.78 is 13.0. The third kappa shape index (κ3) is 6.63. The number of ether oxygens (including phenoxy) is 2. The third-order valence-electron chi connectivity index (χ3n) is 6.40. The van der Waals surface area contributed by atoms with Crippen molar-refractivity contribution in [3.63, 3.8) is 0 Å². The van der Waals surface area contributed by atoms with Crippen molar-refractivity contribution < 1.29 is 19.1 Å². The van der Waals surface area contributed by atoms with Crippen molar-refractivity contribution >= 4 is 29.3 Å². The van der Waals surface area contributed by atoms with Gasteiger partial charge in [0.25, 0.3) is 5.91 Å². The van der Waals surface area contributed by atoms with Crippen molar-refractivity contribution in [2.75, 3.05) is 30.4 Å². The lowest BCUT2D eigenvalue weighted by atomic mass is 10.0. The largest absolute Gasteiger partial charge is 0.494 e. The van der Waals surface area contributed by atoms with Gasteiger partial charge in [-0.3, -0.25) is 14.2 Å². The molecule has 3 aromatic carbocycles. The van der Waals surface area contributed by atoms with E-state index < -0.39 is 0 Å². The number of amides is 2. The summed E-state index contributed by atoms with van der Waals surface area (Å²) in [4.78, 5) is 27.6. The van der Waals surface area contributed by atoms with E-state index in [2.05, 4.69) is 21.6 Å². The molecule has 0 atom stereocenters. The fourth-order valence-electron chi connectivity index (χ4n) is 4.52. The van der Waals surface area contributed by atoms with E-state index >= 15 is 0 Å². The minimum absolute atomic E-state index is 0.0197. The average molecular weight is 558 g/mol. The van der Waals surface area contributed by atoms with E-state index in [1.807, 2.05) is 77.1 Å². The lowest BCUT2D eigenvalue weighted by molar-refractivity contribution is -0.123. The van der Waals surface area contributed by atoms with Crippen LogP contribution in [0.25, 0.3) is 5.69 Å². The molecule has 2 amide bonds. The van der Waals surface area contributed by atoms with Gasteiger partial charge in [-0.25, -0.2) is 0 Å². The first-order chi connectivity index (χ1) is 19.6. The summed E-state index contributed by atoms with van der Waals surface area (Å²) in [5.74, 6) is 1.86. The zero-order chi connectivity index (χ0) is 27.7. The van der Waals surface area contributed by atoms with Gasteiger partial charge in [-0.2, -0.15) is 0 Å². The van der Waals surface area contributed by atoms with Crippen molar-refractivity contribution in [2.45, 2.75) is 31.5 Å². The van der Waals surface area contributed by atoms with E-state index in [9.17, 15) is 9.59 Å². The Hall–Kier alpha value is -4.31. The molecule has 0 aliphatic carbocycles. The number of benzene rings is 3. The number of rotatable bonds is 11. The molecule has 0 bridgehead atoms. The minimum atomic E-state index is -0.279. The molecular weight excluding hydrogens is 526 g/mol. The van der Waals surface area contributed by atoms with Gasteiger partial charge in [0.05, 0.1) is 18.9 Å². The van der Waals surface area contributed by atoms with E-state index in [-0.39, 0.29) is 30.7 Å². The Morgan fingerprint density at radius 2 is 1.68 bits per heavy atom. The van der Waals surface area contributed by atoms with Crippen LogP contribution in [0.3, 0.4) is 0 Å². The Bertz CT molecular complexity index is 1440. The number of para-hydroxylation sites is 2. The van der Waals surface area contributed by atoms with Crippen LogP contribution >= 0.6 is 11.8 Å². The average Bonchev–Trinajstić information content (AvgIpc) is 3.41. The molecule has 1 aromatic heterocycles. The molecule has 40 heavy (non-hydrogen) atoms. The topological polar surface area (TPSA) is 98.6 Å². The summed E-state index contributed by atoms with van der Waals surface area (Å²) in [6, 6.07) is 24.8. The summed E-state index contributed by atoms with van der Waals surface area (Å²) in [7, 11) is 0. The van der Waals surface area contributed by atoms with E-state index in [1.54, 1.807) is 12.1 Å². The highest BCUT2D eigenvalue weighted by molar-refractivity contribution is 7.99. The molecule has 1 N–H and O–H groups in total. The number of carbonyl (C=O) groups is 2. The number of aromatic nitrogens is 3. The molecule has 1 aliphatic heterocycles. The summed E-state index contributed by atoms with van der Waals surface area (Å²) in [5, 5.41) is 12.1. The Morgan fingerprint density at radius 1 is 0.925 bits per heavy atom. The molecule has 1 aliphatic rings. The van der Waals surface area contributed by atoms with Crippen LogP contribution < -0.4 is 19.7 Å². The Labute approximate surface area is 237 Å². The molecule has 4 aromatic rings. The quantitative estimate of drug-likeness (QED) is 0.272.